The lowest BCUT2D eigenvalue weighted by Crippen LogP contribution is -2.41. The zero-order valence-corrected chi connectivity index (χ0v) is 11.4. The van der Waals surface area contributed by atoms with E-state index in [0.29, 0.717) is 23.2 Å². The van der Waals surface area contributed by atoms with Crippen molar-refractivity contribution < 1.29 is 14.7 Å². The second-order valence-electron chi connectivity index (χ2n) is 5.01. The minimum Gasteiger partial charge on any atom is -0.480 e. The van der Waals surface area contributed by atoms with Gasteiger partial charge in [-0.1, -0.05) is 19.9 Å². The number of anilines is 1. The number of nitrogen functional groups attached to an aromatic ring is 1. The van der Waals surface area contributed by atoms with Crippen molar-refractivity contribution in [2.45, 2.75) is 33.2 Å². The third-order valence-electron chi connectivity index (χ3n) is 2.93. The zero-order valence-electron chi connectivity index (χ0n) is 11.4. The second-order valence-corrected chi connectivity index (χ2v) is 5.01. The molecule has 0 aromatic heterocycles. The number of hydrogen-bond acceptors (Lipinski definition) is 3. The highest BCUT2D eigenvalue weighted by Gasteiger charge is 2.22. The number of benzene rings is 1. The van der Waals surface area contributed by atoms with Crippen LogP contribution in [0.2, 0.25) is 0 Å². The lowest BCUT2D eigenvalue weighted by atomic mass is 10.0. The van der Waals surface area contributed by atoms with Gasteiger partial charge in [0.2, 0.25) is 0 Å². The van der Waals surface area contributed by atoms with Crippen LogP contribution in [0.1, 0.15) is 36.2 Å². The van der Waals surface area contributed by atoms with Gasteiger partial charge in [-0.2, -0.15) is 0 Å². The average Bonchev–Trinajstić information content (AvgIpc) is 2.31. The van der Waals surface area contributed by atoms with E-state index in [1.165, 1.54) is 0 Å². The largest absolute Gasteiger partial charge is 0.480 e. The standard InChI is InChI=1S/C14H20N2O3/c1-8(2)7-12(14(18)19)16-13(17)10-5-4-6-11(15)9(10)3/h4-6,8,12H,7,15H2,1-3H3,(H,16,17)(H,18,19)/t12-/m1/s1. The number of carboxylic acid groups (broad SMARTS) is 1. The van der Waals surface area contributed by atoms with Crippen LogP contribution in [0.3, 0.4) is 0 Å². The van der Waals surface area contributed by atoms with E-state index in [-0.39, 0.29) is 5.92 Å². The molecule has 104 valence electrons. The first kappa shape index (κ1) is 15.0. The molecule has 5 nitrogen and oxygen atoms in total. The quantitative estimate of drug-likeness (QED) is 0.707. The van der Waals surface area contributed by atoms with Gasteiger partial charge in [-0.15, -0.1) is 0 Å². The number of carboxylic acids is 1. The normalized spacial score (nSPS) is 12.2. The highest BCUT2D eigenvalue weighted by molar-refractivity contribution is 5.98. The molecule has 0 saturated carbocycles. The van der Waals surface area contributed by atoms with E-state index in [1.54, 1.807) is 25.1 Å². The summed E-state index contributed by atoms with van der Waals surface area (Å²) in [5.74, 6) is -1.25. The van der Waals surface area contributed by atoms with Crippen LogP contribution < -0.4 is 11.1 Å². The van der Waals surface area contributed by atoms with Crippen molar-refractivity contribution in [2.24, 2.45) is 5.92 Å². The van der Waals surface area contributed by atoms with Crippen molar-refractivity contribution in [3.05, 3.63) is 29.3 Å². The minimum atomic E-state index is -1.02. The number of carbonyl (C=O) groups is 2. The summed E-state index contributed by atoms with van der Waals surface area (Å²) in [6.07, 6.45) is 0.391. The summed E-state index contributed by atoms with van der Waals surface area (Å²) in [4.78, 5) is 23.2. The van der Waals surface area contributed by atoms with Gasteiger partial charge >= 0.3 is 5.97 Å². The summed E-state index contributed by atoms with van der Waals surface area (Å²) in [6.45, 7) is 5.56. The Morgan fingerprint density at radius 3 is 2.53 bits per heavy atom. The van der Waals surface area contributed by atoms with Crippen LogP contribution in [0.5, 0.6) is 0 Å². The molecule has 5 heteroatoms. The topological polar surface area (TPSA) is 92.4 Å². The number of aliphatic carboxylic acids is 1. The smallest absolute Gasteiger partial charge is 0.326 e. The molecule has 0 heterocycles. The monoisotopic (exact) mass is 264 g/mol. The third kappa shape index (κ3) is 3.98. The van der Waals surface area contributed by atoms with Gasteiger partial charge in [0, 0.05) is 11.3 Å². The molecule has 1 amide bonds. The van der Waals surface area contributed by atoms with Crippen LogP contribution in [-0.4, -0.2) is 23.0 Å². The number of nitrogens with one attached hydrogen (secondary N) is 1. The fourth-order valence-corrected chi connectivity index (χ4v) is 1.83. The predicted molar refractivity (Wildman–Crippen MR) is 73.9 cm³/mol. The minimum absolute atomic E-state index is 0.184. The van der Waals surface area contributed by atoms with Gasteiger partial charge in [0.25, 0.3) is 5.91 Å². The Morgan fingerprint density at radius 1 is 1.37 bits per heavy atom. The Bertz CT molecular complexity index is 484. The summed E-state index contributed by atoms with van der Waals surface area (Å²) in [7, 11) is 0. The summed E-state index contributed by atoms with van der Waals surface area (Å²) in [5.41, 5.74) is 7.32. The fraction of sp³-hybridized carbons (Fsp3) is 0.429. The molecule has 19 heavy (non-hydrogen) atoms. The summed E-state index contributed by atoms with van der Waals surface area (Å²) >= 11 is 0. The first-order chi connectivity index (χ1) is 8.82. The lowest BCUT2D eigenvalue weighted by molar-refractivity contribution is -0.139. The van der Waals surface area contributed by atoms with Crippen molar-refractivity contribution in [1.82, 2.24) is 5.32 Å². The van der Waals surface area contributed by atoms with E-state index in [4.69, 9.17) is 10.8 Å². The van der Waals surface area contributed by atoms with Crippen molar-refractivity contribution in [3.8, 4) is 0 Å². The Morgan fingerprint density at radius 2 is 2.00 bits per heavy atom. The number of hydrogen-bond donors (Lipinski definition) is 3. The number of amides is 1. The maximum absolute atomic E-state index is 12.1. The van der Waals surface area contributed by atoms with Gasteiger partial charge in [-0.25, -0.2) is 4.79 Å². The summed E-state index contributed by atoms with van der Waals surface area (Å²) in [5, 5.41) is 11.6. The van der Waals surface area contributed by atoms with E-state index in [1.807, 2.05) is 13.8 Å². The molecule has 0 saturated heterocycles. The highest BCUT2D eigenvalue weighted by atomic mass is 16.4. The molecule has 1 atom stereocenters. The van der Waals surface area contributed by atoms with Crippen LogP contribution >= 0.6 is 0 Å². The van der Waals surface area contributed by atoms with E-state index in [2.05, 4.69) is 5.32 Å². The van der Waals surface area contributed by atoms with Crippen LogP contribution in [0.4, 0.5) is 5.69 Å². The van der Waals surface area contributed by atoms with E-state index >= 15 is 0 Å². The fourth-order valence-electron chi connectivity index (χ4n) is 1.83. The van der Waals surface area contributed by atoms with Crippen LogP contribution in [0, 0.1) is 12.8 Å². The first-order valence-electron chi connectivity index (χ1n) is 6.21. The predicted octanol–water partition coefficient (Wildman–Crippen LogP) is 1.81. The molecule has 0 unspecified atom stereocenters. The molecule has 1 aromatic rings. The molecule has 1 rings (SSSR count). The van der Waals surface area contributed by atoms with Gasteiger partial charge in [0.1, 0.15) is 6.04 Å². The average molecular weight is 264 g/mol. The molecular weight excluding hydrogens is 244 g/mol. The van der Waals surface area contributed by atoms with E-state index < -0.39 is 17.9 Å². The SMILES string of the molecule is Cc1c(N)cccc1C(=O)N[C@H](CC(C)C)C(=O)O. The molecule has 0 aliphatic rings. The Labute approximate surface area is 112 Å². The molecule has 0 fully saturated rings. The van der Waals surface area contributed by atoms with Gasteiger partial charge in [-0.3, -0.25) is 4.79 Å². The Balaban J connectivity index is 2.88. The first-order valence-corrected chi connectivity index (χ1v) is 6.21. The lowest BCUT2D eigenvalue weighted by Gasteiger charge is -2.17. The number of nitrogens with two attached hydrogens (primary N) is 1. The van der Waals surface area contributed by atoms with Gasteiger partial charge in [0.05, 0.1) is 0 Å². The van der Waals surface area contributed by atoms with Gasteiger partial charge < -0.3 is 16.2 Å². The molecule has 0 aliphatic heterocycles. The van der Waals surface area contributed by atoms with Gasteiger partial charge in [-0.05, 0) is 37.0 Å². The highest BCUT2D eigenvalue weighted by Crippen LogP contribution is 2.16. The summed E-state index contributed by atoms with van der Waals surface area (Å²) < 4.78 is 0. The summed E-state index contributed by atoms with van der Waals surface area (Å²) in [6, 6.07) is 4.13. The third-order valence-corrected chi connectivity index (χ3v) is 2.93. The Hall–Kier alpha value is -2.04. The van der Waals surface area contributed by atoms with Crippen molar-refractivity contribution in [2.75, 3.05) is 5.73 Å². The van der Waals surface area contributed by atoms with Crippen molar-refractivity contribution >= 4 is 17.6 Å². The van der Waals surface area contributed by atoms with Crippen molar-refractivity contribution in [1.29, 1.82) is 0 Å². The van der Waals surface area contributed by atoms with Crippen LogP contribution in [0.15, 0.2) is 18.2 Å². The van der Waals surface area contributed by atoms with Gasteiger partial charge in [0.15, 0.2) is 0 Å². The molecule has 0 aliphatic carbocycles. The number of carbonyl (C=O) groups excluding carboxylic acids is 1. The second kappa shape index (κ2) is 6.22. The van der Waals surface area contributed by atoms with Crippen molar-refractivity contribution in [3.63, 3.8) is 0 Å². The maximum atomic E-state index is 12.1. The van der Waals surface area contributed by atoms with E-state index in [0.717, 1.165) is 0 Å². The molecule has 0 bridgehead atoms. The molecule has 1 aromatic carbocycles. The van der Waals surface area contributed by atoms with Crippen LogP contribution in [-0.2, 0) is 4.79 Å². The molecule has 0 radical (unpaired) electrons. The molecular formula is C14H20N2O3. The maximum Gasteiger partial charge on any atom is 0.326 e. The zero-order chi connectivity index (χ0) is 14.6. The number of rotatable bonds is 5. The molecule has 4 N–H and O–H groups in total. The molecule has 0 spiro atoms. The van der Waals surface area contributed by atoms with E-state index in [9.17, 15) is 9.59 Å². The van der Waals surface area contributed by atoms with Crippen LogP contribution in [0.25, 0.3) is 0 Å². The Kier molecular flexibility index (Phi) is 4.92.